The van der Waals surface area contributed by atoms with Crippen LogP contribution in [0.25, 0.3) is 0 Å². The van der Waals surface area contributed by atoms with E-state index in [1.54, 1.807) is 22.2 Å². The van der Waals surface area contributed by atoms with Crippen LogP contribution in [0.2, 0.25) is 0 Å². The molecule has 2 aromatic heterocycles. The summed E-state index contributed by atoms with van der Waals surface area (Å²) in [6.45, 7) is 1.03. The molecule has 0 spiro atoms. The number of hydrogen-bond donors (Lipinski definition) is 5. The Morgan fingerprint density at radius 3 is 2.65 bits per heavy atom. The van der Waals surface area contributed by atoms with E-state index in [-0.39, 0.29) is 5.91 Å². The first-order chi connectivity index (χ1) is 15.0. The number of thiophene rings is 1. The van der Waals surface area contributed by atoms with Crippen molar-refractivity contribution in [3.05, 3.63) is 52.2 Å². The maximum Gasteiger partial charge on any atom is 0.275 e. The second kappa shape index (κ2) is 9.02. The van der Waals surface area contributed by atoms with Crippen LogP contribution in [0.1, 0.15) is 23.3 Å². The molecule has 6 N–H and O–H groups in total. The van der Waals surface area contributed by atoms with Gasteiger partial charge in [-0.05, 0) is 36.4 Å². The van der Waals surface area contributed by atoms with E-state index >= 15 is 0 Å². The van der Waals surface area contributed by atoms with E-state index in [1.807, 2.05) is 41.1 Å². The fraction of sp³-hybridized carbons (Fsp3) is 0.250. The Morgan fingerprint density at radius 1 is 1.16 bits per heavy atom. The normalized spacial score (nSPS) is 15.4. The first-order valence-electron chi connectivity index (χ1n) is 9.62. The molecule has 0 saturated carbocycles. The van der Waals surface area contributed by atoms with E-state index in [9.17, 15) is 9.59 Å². The number of rotatable bonds is 6. The largest absolute Gasteiger partial charge is 0.370 e. The highest BCUT2D eigenvalue weighted by molar-refractivity contribution is 7.14. The summed E-state index contributed by atoms with van der Waals surface area (Å²) in [4.78, 5) is 31.1. The van der Waals surface area contributed by atoms with Crippen LogP contribution in [0.4, 0.5) is 22.2 Å². The summed E-state index contributed by atoms with van der Waals surface area (Å²) in [6, 6.07) is 9.42. The molecule has 3 aromatic rings. The topological polar surface area (TPSA) is 133 Å². The van der Waals surface area contributed by atoms with Crippen molar-refractivity contribution in [1.29, 1.82) is 0 Å². The van der Waals surface area contributed by atoms with E-state index in [0.29, 0.717) is 42.4 Å². The highest BCUT2D eigenvalue weighted by atomic mass is 32.1. The van der Waals surface area contributed by atoms with E-state index in [1.165, 1.54) is 11.3 Å². The number of carbonyl (C=O) groups is 2. The van der Waals surface area contributed by atoms with E-state index < -0.39 is 11.4 Å². The molecule has 11 heteroatoms. The van der Waals surface area contributed by atoms with Gasteiger partial charge in [0, 0.05) is 23.8 Å². The molecule has 31 heavy (non-hydrogen) atoms. The zero-order chi connectivity index (χ0) is 21.8. The van der Waals surface area contributed by atoms with Crippen molar-refractivity contribution in [2.45, 2.75) is 18.4 Å². The molecule has 1 aromatic carbocycles. The van der Waals surface area contributed by atoms with Crippen molar-refractivity contribution in [3.8, 4) is 0 Å². The Hall–Kier alpha value is -2.99. The summed E-state index contributed by atoms with van der Waals surface area (Å²) in [5, 5.41) is 21.3. The third-order valence-electron chi connectivity index (χ3n) is 5.21. The Morgan fingerprint density at radius 2 is 1.94 bits per heavy atom. The number of amides is 2. The molecule has 0 bridgehead atoms. The fourth-order valence-corrected chi connectivity index (χ4v) is 4.72. The highest BCUT2D eigenvalue weighted by Crippen LogP contribution is 2.31. The Labute approximate surface area is 186 Å². The molecule has 0 aliphatic carbocycles. The van der Waals surface area contributed by atoms with Gasteiger partial charge in [-0.2, -0.15) is 11.3 Å². The first-order valence-corrected chi connectivity index (χ1v) is 11.4. The van der Waals surface area contributed by atoms with Crippen LogP contribution in [0.15, 0.2) is 46.5 Å². The number of hydrogen-bond acceptors (Lipinski definition) is 9. The van der Waals surface area contributed by atoms with Crippen molar-refractivity contribution in [2.75, 3.05) is 28.6 Å². The minimum absolute atomic E-state index is 0.299. The lowest BCUT2D eigenvalue weighted by Crippen LogP contribution is -2.59. The summed E-state index contributed by atoms with van der Waals surface area (Å²) in [5.74, 6) is -0.879. The van der Waals surface area contributed by atoms with Crippen LogP contribution in [-0.4, -0.2) is 40.6 Å². The number of thiazole rings is 1. The molecule has 162 valence electrons. The maximum atomic E-state index is 12.8. The van der Waals surface area contributed by atoms with Crippen molar-refractivity contribution >= 4 is 56.7 Å². The Balaban J connectivity index is 1.44. The third kappa shape index (κ3) is 4.69. The maximum absolute atomic E-state index is 12.8. The first kappa shape index (κ1) is 21.2. The Bertz CT molecular complexity index is 1060. The number of nitrogens with zero attached hydrogens (tertiary/aromatic N) is 2. The second-order valence-electron chi connectivity index (χ2n) is 7.23. The number of piperidine rings is 1. The fourth-order valence-electron chi connectivity index (χ4n) is 3.42. The van der Waals surface area contributed by atoms with Gasteiger partial charge in [-0.25, -0.2) is 10.5 Å². The van der Waals surface area contributed by atoms with Gasteiger partial charge in [-0.1, -0.05) is 12.1 Å². The predicted molar refractivity (Wildman–Crippen MR) is 122 cm³/mol. The van der Waals surface area contributed by atoms with Gasteiger partial charge >= 0.3 is 0 Å². The molecular weight excluding hydrogens is 436 g/mol. The van der Waals surface area contributed by atoms with Crippen molar-refractivity contribution in [3.63, 3.8) is 0 Å². The van der Waals surface area contributed by atoms with Crippen LogP contribution in [0, 0.1) is 0 Å². The summed E-state index contributed by atoms with van der Waals surface area (Å²) >= 11 is 2.94. The lowest BCUT2D eigenvalue weighted by atomic mass is 9.87. The molecule has 1 saturated heterocycles. The van der Waals surface area contributed by atoms with Gasteiger partial charge in [-0.3, -0.25) is 14.8 Å². The van der Waals surface area contributed by atoms with Crippen molar-refractivity contribution < 1.29 is 14.8 Å². The number of anilines is 4. The Kier molecular flexibility index (Phi) is 6.18. The van der Waals surface area contributed by atoms with Crippen LogP contribution in [0.3, 0.4) is 0 Å². The molecular formula is C20H22N6O3S2. The minimum Gasteiger partial charge on any atom is -0.370 e. The molecule has 0 atom stereocenters. The van der Waals surface area contributed by atoms with Gasteiger partial charge in [0.15, 0.2) is 5.13 Å². The van der Waals surface area contributed by atoms with Crippen LogP contribution in [-0.2, 0) is 4.79 Å². The van der Waals surface area contributed by atoms with Crippen LogP contribution >= 0.6 is 22.7 Å². The van der Waals surface area contributed by atoms with Crippen molar-refractivity contribution in [1.82, 2.24) is 10.5 Å². The summed E-state index contributed by atoms with van der Waals surface area (Å²) in [5.41, 5.74) is 9.43. The second-order valence-corrected chi connectivity index (χ2v) is 8.87. The van der Waals surface area contributed by atoms with E-state index in [4.69, 9.17) is 10.9 Å². The number of aromatic nitrogens is 1. The molecule has 1 fully saturated rings. The quantitative estimate of drug-likeness (QED) is 0.283. The number of carbonyl (C=O) groups excluding carboxylic acids is 2. The molecule has 9 nitrogen and oxygen atoms in total. The highest BCUT2D eigenvalue weighted by Gasteiger charge is 2.38. The summed E-state index contributed by atoms with van der Waals surface area (Å²) in [7, 11) is 0. The zero-order valence-electron chi connectivity index (χ0n) is 16.5. The number of nitrogens with two attached hydrogens (primary N) is 1. The number of nitrogens with one attached hydrogen (secondary N) is 3. The monoisotopic (exact) mass is 458 g/mol. The van der Waals surface area contributed by atoms with Gasteiger partial charge in [0.2, 0.25) is 0 Å². The lowest BCUT2D eigenvalue weighted by molar-refractivity contribution is -0.135. The van der Waals surface area contributed by atoms with Gasteiger partial charge in [0.1, 0.15) is 11.2 Å². The van der Waals surface area contributed by atoms with Crippen LogP contribution < -0.4 is 26.7 Å². The smallest absolute Gasteiger partial charge is 0.275 e. The standard InChI is InChI=1S/C20H22N6O3S2/c21-20(18(28)25-29)6-8-26(9-7-20)16-4-2-1-3-14(16)23-17(27)15-12-31-19(24-15)22-13-5-10-30-11-13/h1-5,10-12,29H,6-9,21H2,(H,22,24)(H,23,27)(H,25,28). The molecule has 0 radical (unpaired) electrons. The van der Waals surface area contributed by atoms with Crippen LogP contribution in [0.5, 0.6) is 0 Å². The molecule has 1 aliphatic heterocycles. The molecule has 0 unspecified atom stereocenters. The van der Waals surface area contributed by atoms with Gasteiger partial charge in [0.05, 0.1) is 17.1 Å². The number of para-hydroxylation sites is 2. The molecule has 3 heterocycles. The molecule has 4 rings (SSSR count). The average Bonchev–Trinajstić information content (AvgIpc) is 3.47. The van der Waals surface area contributed by atoms with E-state index in [2.05, 4.69) is 20.5 Å². The SMILES string of the molecule is NC1(C(=O)NO)CCN(c2ccccc2NC(=O)c2csc(Nc3ccsc3)n2)CC1. The summed E-state index contributed by atoms with van der Waals surface area (Å²) < 4.78 is 0. The average molecular weight is 459 g/mol. The lowest BCUT2D eigenvalue weighted by Gasteiger charge is -2.39. The molecule has 1 aliphatic rings. The van der Waals surface area contributed by atoms with Gasteiger partial charge in [0.25, 0.3) is 11.8 Å². The summed E-state index contributed by atoms with van der Waals surface area (Å²) in [6.07, 6.45) is 0.761. The van der Waals surface area contributed by atoms with E-state index in [0.717, 1.165) is 11.4 Å². The number of hydroxylamine groups is 1. The van der Waals surface area contributed by atoms with Gasteiger partial charge in [-0.15, -0.1) is 11.3 Å². The van der Waals surface area contributed by atoms with Crippen molar-refractivity contribution in [2.24, 2.45) is 5.73 Å². The predicted octanol–water partition coefficient (Wildman–Crippen LogP) is 3.00. The minimum atomic E-state index is -1.10. The zero-order valence-corrected chi connectivity index (χ0v) is 18.1. The van der Waals surface area contributed by atoms with Gasteiger partial charge < -0.3 is 21.3 Å². The molecule has 2 amide bonds. The third-order valence-corrected chi connectivity index (χ3v) is 6.65. The number of benzene rings is 1.